The molecule has 1 heterocycles. The minimum absolute atomic E-state index is 0.0495. The first kappa shape index (κ1) is 20.1. The summed E-state index contributed by atoms with van der Waals surface area (Å²) in [5, 5.41) is 14.0. The monoisotopic (exact) mass is 426 g/mol. The molecule has 1 saturated heterocycles. The standard InChI is InChI=1S/C20H27ClN2O4S/c21-10-11-22-28(26,27)13-6-4-12(5-7-13)18-17(24)9-8-16-19(18)14-2-1-3-15(14)20(25)23-16/h4-7,14-19,22,24H,1-3,8-11H2,(H,23,25). The number of carbonyl (C=O) groups excluding carboxylic acids is 1. The van der Waals surface area contributed by atoms with Crippen molar-refractivity contribution in [2.24, 2.45) is 17.8 Å². The first-order valence-electron chi connectivity index (χ1n) is 10.1. The summed E-state index contributed by atoms with van der Waals surface area (Å²) in [5.74, 6) is 0.845. The molecule has 0 bridgehead atoms. The highest BCUT2D eigenvalue weighted by Crippen LogP contribution is 2.51. The van der Waals surface area contributed by atoms with Crippen molar-refractivity contribution >= 4 is 27.5 Å². The van der Waals surface area contributed by atoms with E-state index in [0.29, 0.717) is 12.3 Å². The van der Waals surface area contributed by atoms with Gasteiger partial charge in [-0.2, -0.15) is 0 Å². The second-order valence-corrected chi connectivity index (χ2v) is 10.4. The SMILES string of the molecule is O=C1NC2CCC(O)C(c3ccc(S(=O)(=O)NCCCl)cc3)C2C2CCCC12. The lowest BCUT2D eigenvalue weighted by Crippen LogP contribution is -2.58. The molecule has 3 aliphatic rings. The maximum atomic E-state index is 12.4. The van der Waals surface area contributed by atoms with E-state index >= 15 is 0 Å². The number of aliphatic hydroxyl groups excluding tert-OH is 1. The van der Waals surface area contributed by atoms with Crippen LogP contribution < -0.4 is 10.0 Å². The average molecular weight is 427 g/mol. The number of hydrogen-bond donors (Lipinski definition) is 3. The lowest BCUT2D eigenvalue weighted by Gasteiger charge is -2.49. The zero-order chi connectivity index (χ0) is 19.9. The largest absolute Gasteiger partial charge is 0.392 e. The van der Waals surface area contributed by atoms with Gasteiger partial charge in [-0.05, 0) is 55.2 Å². The lowest BCUT2D eigenvalue weighted by molar-refractivity contribution is -0.134. The molecule has 6 atom stereocenters. The molecule has 2 aliphatic carbocycles. The number of benzene rings is 1. The van der Waals surface area contributed by atoms with Crippen molar-refractivity contribution in [3.63, 3.8) is 0 Å². The molecule has 0 spiro atoms. The number of sulfonamides is 1. The van der Waals surface area contributed by atoms with Crippen molar-refractivity contribution in [3.8, 4) is 0 Å². The number of amides is 1. The summed E-state index contributed by atoms with van der Waals surface area (Å²) in [5.41, 5.74) is 0.945. The van der Waals surface area contributed by atoms with Gasteiger partial charge in [0.05, 0.1) is 11.0 Å². The molecule has 6 unspecified atom stereocenters. The van der Waals surface area contributed by atoms with Gasteiger partial charge in [-0.25, -0.2) is 13.1 Å². The third-order valence-electron chi connectivity index (χ3n) is 6.76. The number of rotatable bonds is 5. The molecule has 154 valence electrons. The Morgan fingerprint density at radius 2 is 1.89 bits per heavy atom. The normalized spacial score (nSPS) is 35.1. The van der Waals surface area contributed by atoms with Gasteiger partial charge in [-0.3, -0.25) is 4.79 Å². The summed E-state index contributed by atoms with van der Waals surface area (Å²) in [6.07, 6.45) is 3.96. The van der Waals surface area contributed by atoms with Crippen LogP contribution in [-0.2, 0) is 14.8 Å². The molecule has 0 radical (unpaired) electrons. The number of nitrogens with one attached hydrogen (secondary N) is 2. The maximum absolute atomic E-state index is 12.4. The Labute approximate surface area is 171 Å². The van der Waals surface area contributed by atoms with Gasteiger partial charge >= 0.3 is 0 Å². The van der Waals surface area contributed by atoms with Gasteiger partial charge in [-0.1, -0.05) is 18.6 Å². The highest BCUT2D eigenvalue weighted by atomic mass is 35.5. The minimum atomic E-state index is -3.58. The molecule has 1 amide bonds. The number of halogens is 1. The van der Waals surface area contributed by atoms with E-state index in [4.69, 9.17) is 11.6 Å². The number of fused-ring (bicyclic) bond motifs is 3. The summed E-state index contributed by atoms with van der Waals surface area (Å²) < 4.78 is 27.0. The third kappa shape index (κ3) is 3.58. The van der Waals surface area contributed by atoms with E-state index in [9.17, 15) is 18.3 Å². The van der Waals surface area contributed by atoms with Crippen LogP contribution in [0.4, 0.5) is 0 Å². The van der Waals surface area contributed by atoms with Crippen molar-refractivity contribution in [2.75, 3.05) is 12.4 Å². The van der Waals surface area contributed by atoms with Crippen molar-refractivity contribution < 1.29 is 18.3 Å². The van der Waals surface area contributed by atoms with E-state index in [1.165, 1.54) is 0 Å². The van der Waals surface area contributed by atoms with E-state index in [1.807, 2.05) is 12.1 Å². The Morgan fingerprint density at radius 3 is 2.61 bits per heavy atom. The lowest BCUT2D eigenvalue weighted by atomic mass is 9.61. The predicted molar refractivity (Wildman–Crippen MR) is 107 cm³/mol. The summed E-state index contributed by atoms with van der Waals surface area (Å²) in [6.45, 7) is 0.180. The van der Waals surface area contributed by atoms with E-state index < -0.39 is 16.1 Å². The molecule has 28 heavy (non-hydrogen) atoms. The Morgan fingerprint density at radius 1 is 1.14 bits per heavy atom. The molecule has 8 heteroatoms. The van der Waals surface area contributed by atoms with E-state index in [1.54, 1.807) is 12.1 Å². The number of carbonyl (C=O) groups is 1. The molecule has 0 aromatic heterocycles. The average Bonchev–Trinajstić information content (AvgIpc) is 3.18. The summed E-state index contributed by atoms with van der Waals surface area (Å²) >= 11 is 5.57. The Hall–Kier alpha value is -1.15. The van der Waals surface area contributed by atoms with E-state index in [-0.39, 0.29) is 47.0 Å². The number of piperidine rings is 1. The molecule has 1 aliphatic heterocycles. The summed E-state index contributed by atoms with van der Waals surface area (Å²) in [7, 11) is -3.58. The second kappa shape index (κ2) is 7.94. The first-order valence-corrected chi connectivity index (χ1v) is 12.1. The van der Waals surface area contributed by atoms with Crippen molar-refractivity contribution in [1.82, 2.24) is 10.0 Å². The fourth-order valence-corrected chi connectivity index (χ4v) is 6.84. The molecule has 1 aromatic rings. The van der Waals surface area contributed by atoms with Gasteiger partial charge in [0, 0.05) is 30.3 Å². The quantitative estimate of drug-likeness (QED) is 0.627. The predicted octanol–water partition coefficient (Wildman–Crippen LogP) is 1.97. The minimum Gasteiger partial charge on any atom is -0.392 e. The second-order valence-electron chi connectivity index (χ2n) is 8.22. The van der Waals surface area contributed by atoms with Gasteiger partial charge in [0.1, 0.15) is 0 Å². The molecular formula is C20H27ClN2O4S. The van der Waals surface area contributed by atoms with Gasteiger partial charge < -0.3 is 10.4 Å². The maximum Gasteiger partial charge on any atom is 0.240 e. The van der Waals surface area contributed by atoms with Crippen LogP contribution in [0.2, 0.25) is 0 Å². The topological polar surface area (TPSA) is 95.5 Å². The van der Waals surface area contributed by atoms with Crippen molar-refractivity contribution in [2.45, 2.75) is 55.1 Å². The van der Waals surface area contributed by atoms with Crippen LogP contribution in [0.25, 0.3) is 0 Å². The Bertz CT molecular complexity index is 829. The molecule has 2 saturated carbocycles. The number of hydrogen-bond acceptors (Lipinski definition) is 4. The van der Waals surface area contributed by atoms with Crippen LogP contribution in [0.5, 0.6) is 0 Å². The summed E-state index contributed by atoms with van der Waals surface area (Å²) in [4.78, 5) is 12.6. The van der Waals surface area contributed by atoms with E-state index in [0.717, 1.165) is 31.2 Å². The third-order valence-corrected chi connectivity index (χ3v) is 8.42. The number of aliphatic hydroxyl groups is 1. The van der Waals surface area contributed by atoms with Crippen molar-refractivity contribution in [1.29, 1.82) is 0 Å². The highest BCUT2D eigenvalue weighted by molar-refractivity contribution is 7.89. The fourth-order valence-electron chi connectivity index (χ4n) is 5.60. The Balaban J connectivity index is 1.62. The smallest absolute Gasteiger partial charge is 0.240 e. The van der Waals surface area contributed by atoms with Crippen molar-refractivity contribution in [3.05, 3.63) is 29.8 Å². The summed E-state index contributed by atoms with van der Waals surface area (Å²) in [6, 6.07) is 6.90. The van der Waals surface area contributed by atoms with Crippen LogP contribution in [0.15, 0.2) is 29.2 Å². The van der Waals surface area contributed by atoms with Crippen LogP contribution in [0.3, 0.4) is 0 Å². The highest BCUT2D eigenvalue weighted by Gasteiger charge is 2.52. The van der Waals surface area contributed by atoms with Crippen LogP contribution in [0, 0.1) is 17.8 Å². The van der Waals surface area contributed by atoms with Gasteiger partial charge in [0.2, 0.25) is 15.9 Å². The van der Waals surface area contributed by atoms with Gasteiger partial charge in [0.25, 0.3) is 0 Å². The van der Waals surface area contributed by atoms with Crippen LogP contribution in [-0.4, -0.2) is 44.0 Å². The van der Waals surface area contributed by atoms with Gasteiger partial charge in [0.15, 0.2) is 0 Å². The molecule has 4 rings (SSSR count). The zero-order valence-corrected chi connectivity index (χ0v) is 17.3. The molecule has 3 N–H and O–H groups in total. The van der Waals surface area contributed by atoms with Gasteiger partial charge in [-0.15, -0.1) is 11.6 Å². The fraction of sp³-hybridized carbons (Fsp3) is 0.650. The number of alkyl halides is 1. The molecule has 1 aromatic carbocycles. The van der Waals surface area contributed by atoms with Crippen LogP contribution >= 0.6 is 11.6 Å². The molecule has 6 nitrogen and oxygen atoms in total. The zero-order valence-electron chi connectivity index (χ0n) is 15.7. The van der Waals surface area contributed by atoms with E-state index in [2.05, 4.69) is 10.0 Å². The molecular weight excluding hydrogens is 400 g/mol. The molecule has 3 fully saturated rings. The Kier molecular flexibility index (Phi) is 5.71. The first-order chi connectivity index (χ1) is 13.4. The van der Waals surface area contributed by atoms with Crippen LogP contribution in [0.1, 0.15) is 43.6 Å².